The Morgan fingerprint density at radius 1 is 0.850 bits per heavy atom. The van der Waals surface area contributed by atoms with Crippen molar-refractivity contribution in [3.8, 4) is 11.5 Å². The van der Waals surface area contributed by atoms with Gasteiger partial charge in [0.2, 0.25) is 0 Å². The lowest BCUT2D eigenvalue weighted by Gasteiger charge is -2.18. The molecule has 0 aromatic heterocycles. The molecule has 7 heteroatoms. The lowest BCUT2D eigenvalue weighted by molar-refractivity contribution is -0.118. The second-order valence-electron chi connectivity index (χ2n) is 10.5. The van der Waals surface area contributed by atoms with Crippen molar-refractivity contribution < 1.29 is 14.3 Å². The Balaban J connectivity index is 0.00000560. The Hall–Kier alpha value is -2.12. The van der Waals surface area contributed by atoms with E-state index >= 15 is 0 Å². The van der Waals surface area contributed by atoms with Crippen molar-refractivity contribution in [1.82, 2.24) is 4.90 Å². The molecular weight excluding hydrogens is 584 g/mol. The first-order valence-corrected chi connectivity index (χ1v) is 15.9. The summed E-state index contributed by atoms with van der Waals surface area (Å²) in [7, 11) is 0. The third-order valence-corrected chi connectivity index (χ3v) is 7.95. The van der Waals surface area contributed by atoms with Crippen LogP contribution in [0.3, 0.4) is 0 Å². The van der Waals surface area contributed by atoms with Gasteiger partial charge in [-0.2, -0.15) is 0 Å². The molecule has 0 radical (unpaired) electrons. The molecular formula is C33H49BrN2O3S. The zero-order valence-electron chi connectivity index (χ0n) is 24.5. The number of allylic oxidation sites excluding steroid dienone is 1. The number of halogens is 1. The minimum atomic E-state index is -0.173. The highest BCUT2D eigenvalue weighted by Crippen LogP contribution is 2.27. The summed E-state index contributed by atoms with van der Waals surface area (Å²) in [6.07, 6.45) is 18.2. The first kappa shape index (κ1) is 34.1. The van der Waals surface area contributed by atoms with Crippen molar-refractivity contribution in [1.29, 1.82) is 0 Å². The number of hydrogen-bond donors (Lipinski definition) is 1. The van der Waals surface area contributed by atoms with E-state index in [0.717, 1.165) is 35.8 Å². The summed E-state index contributed by atoms with van der Waals surface area (Å²) < 4.78 is 11.7. The molecule has 0 saturated heterocycles. The quantitative estimate of drug-likeness (QED) is 0.147. The van der Waals surface area contributed by atoms with Crippen LogP contribution in [0.4, 0.5) is 5.69 Å². The monoisotopic (exact) mass is 632 g/mol. The molecule has 0 bridgehead atoms. The number of amides is 1. The number of carbonyl (C=O) groups is 1. The molecule has 0 atom stereocenters. The fraction of sp³-hybridized carbons (Fsp3) is 0.545. The van der Waals surface area contributed by atoms with Crippen LogP contribution in [0.5, 0.6) is 11.5 Å². The third kappa shape index (κ3) is 14.0. The van der Waals surface area contributed by atoms with Crippen LogP contribution in [0.25, 0.3) is 0 Å². The van der Waals surface area contributed by atoms with Gasteiger partial charge in [-0.3, -0.25) is 4.79 Å². The van der Waals surface area contributed by atoms with Crippen molar-refractivity contribution in [2.24, 2.45) is 0 Å². The molecule has 0 spiro atoms. The lowest BCUT2D eigenvalue weighted by Crippen LogP contribution is -2.22. The zero-order chi connectivity index (χ0) is 27.5. The van der Waals surface area contributed by atoms with E-state index < -0.39 is 0 Å². The van der Waals surface area contributed by atoms with Crippen LogP contribution in [0.2, 0.25) is 0 Å². The van der Waals surface area contributed by atoms with Gasteiger partial charge < -0.3 is 19.7 Å². The Labute approximate surface area is 257 Å². The van der Waals surface area contributed by atoms with E-state index in [-0.39, 0.29) is 29.5 Å². The number of rotatable bonds is 20. The summed E-state index contributed by atoms with van der Waals surface area (Å²) in [5.74, 6) is 2.19. The Bertz CT molecular complexity index is 1020. The largest absolute Gasteiger partial charge is 0.493 e. The van der Waals surface area contributed by atoms with E-state index in [1.54, 1.807) is 0 Å². The van der Waals surface area contributed by atoms with Gasteiger partial charge in [0.25, 0.3) is 5.91 Å². The molecule has 2 aromatic carbocycles. The maximum atomic E-state index is 12.6. The Morgan fingerprint density at radius 3 is 2.12 bits per heavy atom. The zero-order valence-corrected chi connectivity index (χ0v) is 27.0. The third-order valence-electron chi connectivity index (χ3n) is 6.93. The summed E-state index contributed by atoms with van der Waals surface area (Å²) in [5, 5.41) is 3.01. The van der Waals surface area contributed by atoms with Crippen LogP contribution in [-0.2, 0) is 11.3 Å². The van der Waals surface area contributed by atoms with Crippen molar-refractivity contribution in [3.63, 3.8) is 0 Å². The molecule has 1 heterocycles. The van der Waals surface area contributed by atoms with Crippen LogP contribution in [0.1, 0.15) is 96.5 Å². The summed E-state index contributed by atoms with van der Waals surface area (Å²) in [4.78, 5) is 16.2. The molecule has 1 amide bonds. The van der Waals surface area contributed by atoms with Crippen LogP contribution in [-0.4, -0.2) is 29.9 Å². The standard InChI is InChI=1S/C33H48N2O3S.BrH/c1-3-4-5-6-7-8-9-10-11-12-13-16-22-37-30-19-17-20-31(23-30)38-26-33(36)34-32-21-15-14-18-29(32)25-35-24-28(2)39-27-35;/h14-15,17-21,23-24H,3-13,16,22,25-27H2,1-2H3,(H,34,36);1H. The van der Waals surface area contributed by atoms with E-state index in [4.69, 9.17) is 9.47 Å². The van der Waals surface area contributed by atoms with Gasteiger partial charge in [-0.15, -0.1) is 28.7 Å². The maximum Gasteiger partial charge on any atom is 0.262 e. The number of para-hydroxylation sites is 1. The molecule has 0 saturated carbocycles. The van der Waals surface area contributed by atoms with E-state index in [2.05, 4.69) is 36.3 Å². The van der Waals surface area contributed by atoms with Gasteiger partial charge in [0.1, 0.15) is 11.5 Å². The number of nitrogens with zero attached hydrogens (tertiary/aromatic N) is 1. The predicted octanol–water partition coefficient (Wildman–Crippen LogP) is 9.73. The molecule has 0 unspecified atom stereocenters. The van der Waals surface area contributed by atoms with Gasteiger partial charge in [-0.1, -0.05) is 102 Å². The highest BCUT2D eigenvalue weighted by molar-refractivity contribution is 8.93. The minimum absolute atomic E-state index is 0. The second-order valence-corrected chi connectivity index (χ2v) is 11.7. The van der Waals surface area contributed by atoms with Gasteiger partial charge in [0.05, 0.1) is 12.5 Å². The van der Waals surface area contributed by atoms with Crippen LogP contribution in [0.15, 0.2) is 59.6 Å². The van der Waals surface area contributed by atoms with Gasteiger partial charge in [0, 0.05) is 24.5 Å². The highest BCUT2D eigenvalue weighted by atomic mass is 79.9. The normalized spacial score (nSPS) is 12.6. The minimum Gasteiger partial charge on any atom is -0.493 e. The predicted molar refractivity (Wildman–Crippen MR) is 176 cm³/mol. The molecule has 0 aliphatic carbocycles. The number of nitrogens with one attached hydrogen (secondary N) is 1. The summed E-state index contributed by atoms with van der Waals surface area (Å²) in [6.45, 7) is 5.82. The molecule has 1 aliphatic heterocycles. The Morgan fingerprint density at radius 2 is 1.48 bits per heavy atom. The molecule has 3 rings (SSSR count). The van der Waals surface area contributed by atoms with E-state index in [1.807, 2.05) is 54.2 Å². The van der Waals surface area contributed by atoms with Crippen molar-refractivity contribution in [2.75, 3.05) is 24.4 Å². The van der Waals surface area contributed by atoms with Crippen molar-refractivity contribution in [3.05, 3.63) is 65.2 Å². The number of ether oxygens (including phenoxy) is 2. The first-order valence-electron chi connectivity index (χ1n) is 14.9. The highest BCUT2D eigenvalue weighted by Gasteiger charge is 2.13. The lowest BCUT2D eigenvalue weighted by atomic mass is 10.1. The molecule has 1 aliphatic rings. The molecule has 0 fully saturated rings. The average Bonchev–Trinajstić information content (AvgIpc) is 3.36. The molecule has 5 nitrogen and oxygen atoms in total. The van der Waals surface area contributed by atoms with E-state index in [9.17, 15) is 4.79 Å². The summed E-state index contributed by atoms with van der Waals surface area (Å²) in [6, 6.07) is 15.5. The molecule has 1 N–H and O–H groups in total. The Kier molecular flexibility index (Phi) is 17.6. The number of anilines is 1. The fourth-order valence-electron chi connectivity index (χ4n) is 4.73. The smallest absolute Gasteiger partial charge is 0.262 e. The second kappa shape index (κ2) is 20.7. The number of hydrogen-bond acceptors (Lipinski definition) is 5. The first-order chi connectivity index (χ1) is 19.1. The van der Waals surface area contributed by atoms with Gasteiger partial charge in [-0.25, -0.2) is 0 Å². The number of carbonyl (C=O) groups excluding carboxylic acids is 1. The number of unbranched alkanes of at least 4 members (excludes halogenated alkanes) is 11. The average molecular weight is 634 g/mol. The number of benzene rings is 2. The van der Waals surface area contributed by atoms with Crippen LogP contribution >= 0.6 is 28.7 Å². The van der Waals surface area contributed by atoms with Crippen LogP contribution in [0, 0.1) is 0 Å². The SMILES string of the molecule is Br.CCCCCCCCCCCCCCOc1cccc(OCC(=O)Nc2ccccc2CN2C=C(C)SC2)c1. The molecule has 40 heavy (non-hydrogen) atoms. The van der Waals surface area contributed by atoms with Crippen LogP contribution < -0.4 is 14.8 Å². The topological polar surface area (TPSA) is 50.8 Å². The summed E-state index contributed by atoms with van der Waals surface area (Å²) >= 11 is 1.83. The molecule has 2 aromatic rings. The van der Waals surface area contributed by atoms with E-state index in [1.165, 1.54) is 75.5 Å². The van der Waals surface area contributed by atoms with Crippen molar-refractivity contribution in [2.45, 2.75) is 97.4 Å². The molecule has 222 valence electrons. The van der Waals surface area contributed by atoms with Gasteiger partial charge >= 0.3 is 0 Å². The number of thioether (sulfide) groups is 1. The van der Waals surface area contributed by atoms with E-state index in [0.29, 0.717) is 12.4 Å². The fourth-order valence-corrected chi connectivity index (χ4v) is 5.49. The van der Waals surface area contributed by atoms with Crippen molar-refractivity contribution >= 4 is 40.3 Å². The van der Waals surface area contributed by atoms with Gasteiger partial charge in [-0.05, 0) is 42.0 Å². The van der Waals surface area contributed by atoms with Gasteiger partial charge in [0.15, 0.2) is 6.61 Å². The maximum absolute atomic E-state index is 12.6. The summed E-state index contributed by atoms with van der Waals surface area (Å²) in [5.41, 5.74) is 1.92.